The van der Waals surface area contributed by atoms with Crippen LogP contribution < -0.4 is 0 Å². The number of fused-ring (bicyclic) bond motifs is 1. The summed E-state index contributed by atoms with van der Waals surface area (Å²) >= 11 is 18.3. The molecule has 0 aromatic heterocycles. The van der Waals surface area contributed by atoms with Gasteiger partial charge in [-0.15, -0.1) is 0 Å². The fourth-order valence-electron chi connectivity index (χ4n) is 2.27. The molecule has 0 bridgehead atoms. The Kier molecular flexibility index (Phi) is 3.59. The van der Waals surface area contributed by atoms with E-state index in [4.69, 9.17) is 34.8 Å². The Bertz CT molecular complexity index is 807. The van der Waals surface area contributed by atoms with Gasteiger partial charge in [-0.3, -0.25) is 0 Å². The zero-order valence-electron chi connectivity index (χ0n) is 10.1. The first-order chi connectivity index (χ1) is 9.58. The first-order valence-electron chi connectivity index (χ1n) is 5.90. The molecule has 0 aliphatic carbocycles. The van der Waals surface area contributed by atoms with E-state index < -0.39 is 0 Å². The van der Waals surface area contributed by atoms with Gasteiger partial charge in [-0.05, 0) is 29.1 Å². The Morgan fingerprint density at radius 1 is 0.800 bits per heavy atom. The number of halogens is 4. The highest BCUT2D eigenvalue weighted by atomic mass is 35.5. The summed E-state index contributed by atoms with van der Waals surface area (Å²) < 4.78 is 14.2. The molecule has 20 heavy (non-hydrogen) atoms. The van der Waals surface area contributed by atoms with E-state index in [0.29, 0.717) is 31.6 Å². The molecule has 0 unspecified atom stereocenters. The molecule has 0 saturated carbocycles. The quantitative estimate of drug-likeness (QED) is 0.442. The second kappa shape index (κ2) is 5.25. The molecule has 0 saturated heterocycles. The van der Waals surface area contributed by atoms with Crippen LogP contribution in [0.2, 0.25) is 15.1 Å². The maximum absolute atomic E-state index is 14.2. The molecule has 3 aromatic rings. The van der Waals surface area contributed by atoms with E-state index in [-0.39, 0.29) is 5.82 Å². The monoisotopic (exact) mass is 324 g/mol. The van der Waals surface area contributed by atoms with Crippen molar-refractivity contribution < 1.29 is 4.39 Å². The van der Waals surface area contributed by atoms with Crippen LogP contribution in [-0.2, 0) is 0 Å². The highest BCUT2D eigenvalue weighted by Gasteiger charge is 2.13. The Morgan fingerprint density at radius 3 is 2.25 bits per heavy atom. The largest absolute Gasteiger partial charge is 0.206 e. The third-order valence-corrected chi connectivity index (χ3v) is 4.16. The number of hydrogen-bond acceptors (Lipinski definition) is 0. The second-order valence-corrected chi connectivity index (χ2v) is 5.61. The summed E-state index contributed by atoms with van der Waals surface area (Å²) in [6, 6.07) is 13.7. The van der Waals surface area contributed by atoms with Crippen LogP contribution in [-0.4, -0.2) is 0 Å². The van der Waals surface area contributed by atoms with Crippen molar-refractivity contribution in [3.8, 4) is 11.1 Å². The average Bonchev–Trinajstić information content (AvgIpc) is 2.42. The molecule has 0 amide bonds. The van der Waals surface area contributed by atoms with Gasteiger partial charge in [-0.25, -0.2) is 4.39 Å². The molecule has 0 aliphatic heterocycles. The van der Waals surface area contributed by atoms with Gasteiger partial charge in [-0.2, -0.15) is 0 Å². The van der Waals surface area contributed by atoms with Crippen LogP contribution >= 0.6 is 34.8 Å². The molecule has 0 N–H and O–H groups in total. The molecule has 0 fully saturated rings. The van der Waals surface area contributed by atoms with Crippen LogP contribution in [0.3, 0.4) is 0 Å². The first-order valence-corrected chi connectivity index (χ1v) is 7.03. The van der Waals surface area contributed by atoms with Gasteiger partial charge in [0.2, 0.25) is 0 Å². The summed E-state index contributed by atoms with van der Waals surface area (Å²) in [5.74, 6) is -0.301. The molecule has 0 aliphatic rings. The molecule has 0 nitrogen and oxygen atoms in total. The molecule has 0 atom stereocenters. The van der Waals surface area contributed by atoms with Crippen LogP contribution in [0.4, 0.5) is 4.39 Å². The smallest absolute Gasteiger partial charge is 0.131 e. The summed E-state index contributed by atoms with van der Waals surface area (Å²) in [4.78, 5) is 0. The molecular weight excluding hydrogens is 318 g/mol. The lowest BCUT2D eigenvalue weighted by Gasteiger charge is -2.11. The topological polar surface area (TPSA) is 0 Å². The SMILES string of the molecule is Fc1cccc2cccc(-c3cc(Cl)cc(Cl)c3Cl)c12. The van der Waals surface area contributed by atoms with E-state index in [1.807, 2.05) is 18.2 Å². The van der Waals surface area contributed by atoms with E-state index in [1.165, 1.54) is 6.07 Å². The van der Waals surface area contributed by atoms with Gasteiger partial charge >= 0.3 is 0 Å². The summed E-state index contributed by atoms with van der Waals surface area (Å²) in [6.45, 7) is 0. The second-order valence-electron chi connectivity index (χ2n) is 4.39. The minimum atomic E-state index is -0.301. The zero-order chi connectivity index (χ0) is 14.3. The number of benzene rings is 3. The fraction of sp³-hybridized carbons (Fsp3) is 0. The van der Waals surface area contributed by atoms with E-state index in [9.17, 15) is 4.39 Å². The van der Waals surface area contributed by atoms with Crippen molar-refractivity contribution in [3.05, 3.63) is 69.4 Å². The Labute approximate surface area is 130 Å². The van der Waals surface area contributed by atoms with Gasteiger partial charge in [0, 0.05) is 16.0 Å². The van der Waals surface area contributed by atoms with E-state index in [0.717, 1.165) is 5.39 Å². The van der Waals surface area contributed by atoms with Gasteiger partial charge in [-0.1, -0.05) is 65.1 Å². The van der Waals surface area contributed by atoms with E-state index >= 15 is 0 Å². The maximum Gasteiger partial charge on any atom is 0.131 e. The lowest BCUT2D eigenvalue weighted by Crippen LogP contribution is -1.87. The lowest BCUT2D eigenvalue weighted by atomic mass is 9.98. The van der Waals surface area contributed by atoms with Crippen LogP contribution in [0.25, 0.3) is 21.9 Å². The van der Waals surface area contributed by atoms with Crippen LogP contribution in [0, 0.1) is 5.82 Å². The molecular formula is C16H8Cl3F. The van der Waals surface area contributed by atoms with Gasteiger partial charge in [0.05, 0.1) is 10.0 Å². The predicted molar refractivity (Wildman–Crippen MR) is 84.4 cm³/mol. The molecule has 0 heterocycles. The third kappa shape index (κ3) is 2.26. The van der Waals surface area contributed by atoms with E-state index in [1.54, 1.807) is 24.3 Å². The summed E-state index contributed by atoms with van der Waals surface area (Å²) in [5, 5.41) is 2.49. The highest BCUT2D eigenvalue weighted by Crippen LogP contribution is 2.39. The van der Waals surface area contributed by atoms with Crippen molar-refractivity contribution in [2.75, 3.05) is 0 Å². The molecule has 3 rings (SSSR count). The third-order valence-electron chi connectivity index (χ3n) is 3.14. The normalized spacial score (nSPS) is 11.0. The average molecular weight is 326 g/mol. The van der Waals surface area contributed by atoms with Crippen LogP contribution in [0.5, 0.6) is 0 Å². The summed E-state index contributed by atoms with van der Waals surface area (Å²) in [6.07, 6.45) is 0. The molecule has 3 aromatic carbocycles. The molecule has 100 valence electrons. The van der Waals surface area contributed by atoms with Gasteiger partial charge in [0.25, 0.3) is 0 Å². The van der Waals surface area contributed by atoms with Gasteiger partial charge in [0.1, 0.15) is 5.82 Å². The van der Waals surface area contributed by atoms with Crippen molar-refractivity contribution in [2.45, 2.75) is 0 Å². The van der Waals surface area contributed by atoms with Crippen molar-refractivity contribution in [1.82, 2.24) is 0 Å². The van der Waals surface area contributed by atoms with Gasteiger partial charge < -0.3 is 0 Å². The lowest BCUT2D eigenvalue weighted by molar-refractivity contribution is 0.640. The summed E-state index contributed by atoms with van der Waals surface area (Å²) in [5.41, 5.74) is 1.30. The van der Waals surface area contributed by atoms with Crippen molar-refractivity contribution in [1.29, 1.82) is 0 Å². The standard InChI is InChI=1S/C16H8Cl3F/c17-10-7-12(16(19)13(18)8-10)11-5-1-3-9-4-2-6-14(20)15(9)11/h1-8H. The van der Waals surface area contributed by atoms with Crippen molar-refractivity contribution in [3.63, 3.8) is 0 Å². The Hall–Kier alpha value is -1.28. The molecule has 4 heteroatoms. The van der Waals surface area contributed by atoms with E-state index in [2.05, 4.69) is 0 Å². The van der Waals surface area contributed by atoms with Gasteiger partial charge in [0.15, 0.2) is 0 Å². The first kappa shape index (κ1) is 13.7. The van der Waals surface area contributed by atoms with Crippen molar-refractivity contribution >= 4 is 45.6 Å². The maximum atomic E-state index is 14.2. The number of rotatable bonds is 1. The highest BCUT2D eigenvalue weighted by molar-refractivity contribution is 6.45. The van der Waals surface area contributed by atoms with Crippen molar-refractivity contribution in [2.24, 2.45) is 0 Å². The minimum Gasteiger partial charge on any atom is -0.206 e. The molecule has 0 spiro atoms. The fourth-order valence-corrected chi connectivity index (χ4v) is 2.98. The van der Waals surface area contributed by atoms with Crippen LogP contribution in [0.15, 0.2) is 48.5 Å². The Balaban J connectivity index is 2.42. The Morgan fingerprint density at radius 2 is 1.50 bits per heavy atom. The zero-order valence-corrected chi connectivity index (χ0v) is 12.4. The van der Waals surface area contributed by atoms with Crippen LogP contribution in [0.1, 0.15) is 0 Å². The predicted octanol–water partition coefficient (Wildman–Crippen LogP) is 6.61. The number of hydrogen-bond donors (Lipinski definition) is 0. The molecule has 0 radical (unpaired) electrons. The minimum absolute atomic E-state index is 0.301. The summed E-state index contributed by atoms with van der Waals surface area (Å²) in [7, 11) is 0.